The van der Waals surface area contributed by atoms with Gasteiger partial charge in [-0.15, -0.1) is 0 Å². The van der Waals surface area contributed by atoms with E-state index in [0.717, 1.165) is 0 Å². The third-order valence-electron chi connectivity index (χ3n) is 13.0. The zero-order valence-corrected chi connectivity index (χ0v) is 53.0. The van der Waals surface area contributed by atoms with Crippen molar-refractivity contribution in [2.45, 2.75) is 316 Å². The van der Waals surface area contributed by atoms with E-state index in [1.165, 1.54) is 68.5 Å². The van der Waals surface area contributed by atoms with E-state index in [1.54, 1.807) is 0 Å². The molecule has 3 aromatic rings. The summed E-state index contributed by atoms with van der Waals surface area (Å²) in [4.78, 5) is 0. The average molecular weight is 938 g/mol. The highest BCUT2D eigenvalue weighted by molar-refractivity contribution is 5.50. The summed E-state index contributed by atoms with van der Waals surface area (Å²) in [6, 6.07) is 19.2. The number of benzene rings is 3. The van der Waals surface area contributed by atoms with Gasteiger partial charge in [0, 0.05) is 0 Å². The smallest absolute Gasteiger partial charge is 0.0129 e. The lowest BCUT2D eigenvalue weighted by molar-refractivity contribution is 0.275. The molecule has 0 spiro atoms. The molecule has 0 N–H and O–H groups in total. The quantitative estimate of drug-likeness (QED) is 0.228. The highest BCUT2D eigenvalue weighted by atomic mass is 14.4. The monoisotopic (exact) mass is 937 g/mol. The van der Waals surface area contributed by atoms with Gasteiger partial charge in [0.05, 0.1) is 0 Å². The summed E-state index contributed by atoms with van der Waals surface area (Å²) in [5.74, 6) is 0. The molecule has 0 atom stereocenters. The molecular formula is C68H120. The Kier molecular flexibility index (Phi) is 21.0. The molecule has 392 valence electrons. The Bertz CT molecular complexity index is 1830. The van der Waals surface area contributed by atoms with Gasteiger partial charge in [-0.1, -0.05) is 298 Å². The van der Waals surface area contributed by atoms with Gasteiger partial charge in [-0.05, 0) is 133 Å². The van der Waals surface area contributed by atoms with Crippen LogP contribution in [0.25, 0.3) is 0 Å². The van der Waals surface area contributed by atoms with Crippen LogP contribution in [0, 0.1) is 10.8 Å². The molecule has 0 heteroatoms. The van der Waals surface area contributed by atoms with Crippen LogP contribution in [0.1, 0.15) is 318 Å². The summed E-state index contributed by atoms with van der Waals surface area (Å²) < 4.78 is 0. The van der Waals surface area contributed by atoms with Crippen LogP contribution in [-0.2, 0) is 54.1 Å². The van der Waals surface area contributed by atoms with Gasteiger partial charge < -0.3 is 0 Å². The highest BCUT2D eigenvalue weighted by Crippen LogP contribution is 2.43. The minimum atomic E-state index is 0.166. The Morgan fingerprint density at radius 3 is 0.544 bits per heavy atom. The Balaban J connectivity index is 0.000000907. The normalized spacial score (nSPS) is 14.0. The Labute approximate surface area is 429 Å². The van der Waals surface area contributed by atoms with E-state index in [-0.39, 0.29) is 54.1 Å². The lowest BCUT2D eigenvalue weighted by Crippen LogP contribution is -2.28. The summed E-state index contributed by atoms with van der Waals surface area (Å²) in [6.07, 6.45) is 2.66. The molecule has 3 rings (SSSR count). The van der Waals surface area contributed by atoms with E-state index < -0.39 is 0 Å². The third kappa shape index (κ3) is 22.4. The lowest BCUT2D eigenvalue weighted by atomic mass is 9.68. The van der Waals surface area contributed by atoms with Crippen molar-refractivity contribution in [3.8, 4) is 0 Å². The molecule has 0 unspecified atom stereocenters. The number of hydrogen-bond acceptors (Lipinski definition) is 0. The maximum atomic E-state index is 2.50. The molecular weight excluding hydrogens is 817 g/mol. The van der Waals surface area contributed by atoms with Crippen LogP contribution in [0.2, 0.25) is 0 Å². The minimum Gasteiger partial charge on any atom is -0.0602 e. The van der Waals surface area contributed by atoms with Crippen LogP contribution in [0.5, 0.6) is 0 Å². The summed E-state index contributed by atoms with van der Waals surface area (Å²) in [7, 11) is 0. The predicted molar refractivity (Wildman–Crippen MR) is 314 cm³/mol. The average Bonchev–Trinajstić information content (AvgIpc) is 3.06. The summed E-state index contributed by atoms with van der Waals surface area (Å²) in [5, 5.41) is 0. The zero-order valence-electron chi connectivity index (χ0n) is 53.0. The highest BCUT2D eigenvalue weighted by Gasteiger charge is 2.33. The topological polar surface area (TPSA) is 0 Å². The molecule has 0 aliphatic rings. The second-order valence-electron chi connectivity index (χ2n) is 33.6. The first-order valence-corrected chi connectivity index (χ1v) is 26.8. The number of hydrogen-bond donors (Lipinski definition) is 0. The van der Waals surface area contributed by atoms with E-state index in [0.29, 0.717) is 10.8 Å². The van der Waals surface area contributed by atoms with E-state index >= 15 is 0 Å². The summed E-state index contributed by atoms with van der Waals surface area (Å²) >= 11 is 0. The van der Waals surface area contributed by atoms with Crippen molar-refractivity contribution in [2.75, 3.05) is 0 Å². The van der Waals surface area contributed by atoms with Crippen molar-refractivity contribution in [1.82, 2.24) is 0 Å². The molecule has 0 fully saturated rings. The van der Waals surface area contributed by atoms with Crippen LogP contribution in [0.15, 0.2) is 48.5 Å². The van der Waals surface area contributed by atoms with Crippen molar-refractivity contribution in [3.05, 3.63) is 104 Å². The standard InChI is InChI=1S/C22H38.2C18H30.C10H22/c1-19(2,3)15-13-17(21(7,8)9)18(22(10,11)12)14-16(15)20(4,5)6;1-16(2,3)13-10-14(17(4,5)6)12-15(11-13)18(7,8)9;1-16(2,3)13-10-11-14(17(4,5)6)15(12-13)18(7,8)9;1-9(2,3)7-8-10(4,5)6/h13-14H,1-12H3;2*10-12H,1-9H3;7-8H2,1-6H3. The summed E-state index contributed by atoms with van der Waals surface area (Å²) in [6.45, 7) is 83.1. The van der Waals surface area contributed by atoms with Crippen LogP contribution in [-0.4, -0.2) is 0 Å². The van der Waals surface area contributed by atoms with E-state index in [9.17, 15) is 0 Å². The molecule has 0 nitrogen and oxygen atoms in total. The lowest BCUT2D eigenvalue weighted by Gasteiger charge is -2.37. The largest absolute Gasteiger partial charge is 0.0602 e. The molecule has 0 aromatic heterocycles. The molecule has 0 amide bonds. The Morgan fingerprint density at radius 2 is 0.382 bits per heavy atom. The van der Waals surface area contributed by atoms with Gasteiger partial charge in [-0.2, -0.15) is 0 Å². The SMILES string of the molecule is CC(C)(C)CCC(C)(C)C.CC(C)(C)c1cc(C(C)(C)C)c(C(C)(C)C)cc1C(C)(C)C.CC(C)(C)c1cc(C(C)(C)C)cc(C(C)(C)C)c1.CC(C)(C)c1ccc(C(C)(C)C)c(C(C)(C)C)c1. The van der Waals surface area contributed by atoms with Crippen molar-refractivity contribution < 1.29 is 0 Å². The molecule has 0 saturated carbocycles. The van der Waals surface area contributed by atoms with Gasteiger partial charge in [0.2, 0.25) is 0 Å². The molecule has 0 aliphatic heterocycles. The second-order valence-corrected chi connectivity index (χ2v) is 33.6. The van der Waals surface area contributed by atoms with Crippen LogP contribution < -0.4 is 0 Å². The zero-order chi connectivity index (χ0) is 54.8. The summed E-state index contributed by atoms with van der Waals surface area (Å²) in [5.41, 5.74) is 17.6. The second kappa shape index (κ2) is 21.8. The molecule has 68 heavy (non-hydrogen) atoms. The van der Waals surface area contributed by atoms with Gasteiger partial charge in [0.1, 0.15) is 0 Å². The van der Waals surface area contributed by atoms with E-state index in [1.807, 2.05) is 0 Å². The van der Waals surface area contributed by atoms with Gasteiger partial charge >= 0.3 is 0 Å². The van der Waals surface area contributed by atoms with E-state index in [4.69, 9.17) is 0 Å². The minimum absolute atomic E-state index is 0.166. The molecule has 3 aromatic carbocycles. The van der Waals surface area contributed by atoms with Gasteiger partial charge in [0.25, 0.3) is 0 Å². The predicted octanol–water partition coefficient (Wildman–Crippen LogP) is 21.9. The Hall–Kier alpha value is -2.34. The van der Waals surface area contributed by atoms with Gasteiger partial charge in [0.15, 0.2) is 0 Å². The van der Waals surface area contributed by atoms with Gasteiger partial charge in [-0.25, -0.2) is 0 Å². The van der Waals surface area contributed by atoms with Gasteiger partial charge in [-0.3, -0.25) is 0 Å². The molecule has 0 saturated heterocycles. The molecule has 0 bridgehead atoms. The maximum Gasteiger partial charge on any atom is -0.0129 e. The third-order valence-corrected chi connectivity index (χ3v) is 13.0. The maximum absolute atomic E-state index is 2.50. The van der Waals surface area contributed by atoms with Crippen molar-refractivity contribution in [3.63, 3.8) is 0 Å². The Morgan fingerprint density at radius 1 is 0.191 bits per heavy atom. The first-order chi connectivity index (χ1) is 29.3. The van der Waals surface area contributed by atoms with Crippen molar-refractivity contribution >= 4 is 0 Å². The van der Waals surface area contributed by atoms with Crippen LogP contribution in [0.3, 0.4) is 0 Å². The van der Waals surface area contributed by atoms with Crippen LogP contribution in [0.4, 0.5) is 0 Å². The fraction of sp³-hybridized carbons (Fsp3) is 0.735. The van der Waals surface area contributed by atoms with Crippen LogP contribution >= 0.6 is 0 Å². The van der Waals surface area contributed by atoms with Crippen molar-refractivity contribution in [2.24, 2.45) is 10.8 Å². The molecule has 0 heterocycles. The van der Waals surface area contributed by atoms with Crippen molar-refractivity contribution in [1.29, 1.82) is 0 Å². The fourth-order valence-corrected chi connectivity index (χ4v) is 8.04. The number of rotatable bonds is 1. The molecule has 0 aliphatic carbocycles. The fourth-order valence-electron chi connectivity index (χ4n) is 8.04. The first-order valence-electron chi connectivity index (χ1n) is 26.8. The first kappa shape index (κ1) is 65.7. The molecule has 0 radical (unpaired) electrons. The van der Waals surface area contributed by atoms with E-state index in [2.05, 4.69) is 298 Å².